The lowest BCUT2D eigenvalue weighted by molar-refractivity contribution is 0.0977. The summed E-state index contributed by atoms with van der Waals surface area (Å²) in [4.78, 5) is 32.5. The maximum atomic E-state index is 13.8. The maximum Gasteiger partial charge on any atom is 0.231 e. The number of Topliss-reactive ketones (excluding diaryl/α,β-unsaturated/α-hetero) is 2. The van der Waals surface area contributed by atoms with Gasteiger partial charge in [-0.25, -0.2) is 9.37 Å². The molecule has 4 rings (SSSR count). The van der Waals surface area contributed by atoms with E-state index in [1.54, 1.807) is 24.3 Å². The van der Waals surface area contributed by atoms with Gasteiger partial charge >= 0.3 is 0 Å². The second-order valence-corrected chi connectivity index (χ2v) is 8.07. The molecule has 0 bridgehead atoms. The molecule has 0 saturated heterocycles. The SMILES string of the molecule is O=C1C(Nc2cccc(Br)c2)=C(Cl)C(=O)c2[nH]c(-c3ccc(Br)c(F)c3)nc21. The molecule has 0 unspecified atom stereocenters. The van der Waals surface area contributed by atoms with Crippen molar-refractivity contribution in [3.05, 3.63) is 79.3 Å². The Morgan fingerprint density at radius 3 is 2.57 bits per heavy atom. The summed E-state index contributed by atoms with van der Waals surface area (Å²) < 4.78 is 14.9. The van der Waals surface area contributed by atoms with E-state index in [0.717, 1.165) is 4.47 Å². The molecule has 9 heteroatoms. The quantitative estimate of drug-likeness (QED) is 0.461. The number of imidazole rings is 1. The molecule has 0 fully saturated rings. The van der Waals surface area contributed by atoms with Crippen molar-refractivity contribution in [3.63, 3.8) is 0 Å². The topological polar surface area (TPSA) is 74.8 Å². The molecule has 0 saturated carbocycles. The number of benzene rings is 2. The molecule has 1 aliphatic rings. The number of nitrogens with zero attached hydrogens (tertiary/aromatic N) is 1. The van der Waals surface area contributed by atoms with Crippen molar-refractivity contribution in [1.29, 1.82) is 0 Å². The van der Waals surface area contributed by atoms with Crippen LogP contribution in [0.2, 0.25) is 0 Å². The molecule has 0 radical (unpaired) electrons. The van der Waals surface area contributed by atoms with Crippen molar-refractivity contribution < 1.29 is 14.0 Å². The van der Waals surface area contributed by atoms with Crippen LogP contribution in [0.5, 0.6) is 0 Å². The zero-order valence-corrected chi connectivity index (χ0v) is 17.7. The third-order valence-corrected chi connectivity index (χ3v) is 5.58. The van der Waals surface area contributed by atoms with E-state index in [9.17, 15) is 14.0 Å². The Labute approximate surface area is 180 Å². The number of halogens is 4. The van der Waals surface area contributed by atoms with Crippen molar-refractivity contribution in [3.8, 4) is 11.4 Å². The van der Waals surface area contributed by atoms with E-state index in [1.807, 2.05) is 6.07 Å². The van der Waals surface area contributed by atoms with E-state index >= 15 is 0 Å². The largest absolute Gasteiger partial charge is 0.351 e. The van der Waals surface area contributed by atoms with Gasteiger partial charge in [0.15, 0.2) is 0 Å². The standard InChI is InChI=1S/C19H9Br2ClFN3O2/c20-9-2-1-3-10(7-9)24-14-13(22)17(27)15-16(18(14)28)26-19(25-15)8-4-5-11(21)12(23)6-8/h1-7,24H,(H,25,26). The molecule has 0 atom stereocenters. The number of fused-ring (bicyclic) bond motifs is 1. The first kappa shape index (κ1) is 19.0. The Hall–Kier alpha value is -2.29. The first-order valence-corrected chi connectivity index (χ1v) is 9.88. The minimum absolute atomic E-state index is 0.0203. The number of anilines is 1. The lowest BCUT2D eigenvalue weighted by Gasteiger charge is -2.15. The number of rotatable bonds is 3. The van der Waals surface area contributed by atoms with E-state index in [0.29, 0.717) is 15.7 Å². The van der Waals surface area contributed by atoms with Gasteiger partial charge in [-0.15, -0.1) is 0 Å². The highest BCUT2D eigenvalue weighted by Gasteiger charge is 2.35. The predicted molar refractivity (Wildman–Crippen MR) is 111 cm³/mol. The lowest BCUT2D eigenvalue weighted by Crippen LogP contribution is -2.24. The Kier molecular flexibility index (Phi) is 4.95. The van der Waals surface area contributed by atoms with Crippen molar-refractivity contribution in [2.24, 2.45) is 0 Å². The molecule has 140 valence electrons. The Morgan fingerprint density at radius 2 is 1.86 bits per heavy atom. The van der Waals surface area contributed by atoms with Crippen LogP contribution in [0.1, 0.15) is 21.0 Å². The van der Waals surface area contributed by atoms with Gasteiger partial charge in [0.05, 0.1) is 4.47 Å². The average molecular weight is 526 g/mol. The van der Waals surface area contributed by atoms with E-state index in [1.165, 1.54) is 12.1 Å². The van der Waals surface area contributed by atoms with Crippen LogP contribution >= 0.6 is 43.5 Å². The normalized spacial score (nSPS) is 13.7. The Balaban J connectivity index is 1.74. The van der Waals surface area contributed by atoms with Gasteiger partial charge in [0.25, 0.3) is 0 Å². The number of aromatic nitrogens is 2. The fourth-order valence-corrected chi connectivity index (χ4v) is 3.62. The number of ketones is 2. The molecule has 0 aliphatic heterocycles. The zero-order chi connectivity index (χ0) is 20.0. The van der Waals surface area contributed by atoms with Gasteiger partial charge in [0.2, 0.25) is 11.6 Å². The Morgan fingerprint density at radius 1 is 1.07 bits per heavy atom. The van der Waals surface area contributed by atoms with Crippen LogP contribution in [0.15, 0.2) is 62.1 Å². The highest BCUT2D eigenvalue weighted by atomic mass is 79.9. The van der Waals surface area contributed by atoms with Gasteiger partial charge in [-0.05, 0) is 52.3 Å². The minimum Gasteiger partial charge on any atom is -0.351 e. The second kappa shape index (κ2) is 7.27. The summed E-state index contributed by atoms with van der Waals surface area (Å²) in [6.45, 7) is 0. The van der Waals surface area contributed by atoms with Crippen molar-refractivity contribution in [1.82, 2.24) is 9.97 Å². The summed E-state index contributed by atoms with van der Waals surface area (Å²) in [5.74, 6) is -1.38. The molecule has 5 nitrogen and oxygen atoms in total. The summed E-state index contributed by atoms with van der Waals surface area (Å²) >= 11 is 12.6. The molecule has 2 N–H and O–H groups in total. The van der Waals surface area contributed by atoms with Crippen LogP contribution in [0, 0.1) is 5.82 Å². The molecule has 2 aromatic carbocycles. The summed E-state index contributed by atoms with van der Waals surface area (Å²) in [6.07, 6.45) is 0. The van der Waals surface area contributed by atoms with Crippen LogP contribution < -0.4 is 5.32 Å². The maximum absolute atomic E-state index is 13.8. The number of hydrogen-bond acceptors (Lipinski definition) is 4. The lowest BCUT2D eigenvalue weighted by atomic mass is 10.0. The first-order chi connectivity index (χ1) is 13.3. The third-order valence-electron chi connectivity index (χ3n) is 4.08. The summed E-state index contributed by atoms with van der Waals surface area (Å²) in [6, 6.07) is 11.4. The van der Waals surface area contributed by atoms with Crippen LogP contribution in [0.25, 0.3) is 11.4 Å². The first-order valence-electron chi connectivity index (χ1n) is 7.92. The van der Waals surface area contributed by atoms with Crippen LogP contribution in [-0.4, -0.2) is 21.5 Å². The summed E-state index contributed by atoms with van der Waals surface area (Å²) in [7, 11) is 0. The molecule has 1 aromatic heterocycles. The smallest absolute Gasteiger partial charge is 0.231 e. The molecule has 28 heavy (non-hydrogen) atoms. The van der Waals surface area contributed by atoms with Crippen LogP contribution in [-0.2, 0) is 0 Å². The fraction of sp³-hybridized carbons (Fsp3) is 0. The van der Waals surface area contributed by atoms with Crippen LogP contribution in [0.4, 0.5) is 10.1 Å². The van der Waals surface area contributed by atoms with Gasteiger partial charge < -0.3 is 10.3 Å². The number of nitrogens with one attached hydrogen (secondary N) is 2. The van der Waals surface area contributed by atoms with Gasteiger partial charge in [-0.3, -0.25) is 9.59 Å². The summed E-state index contributed by atoms with van der Waals surface area (Å²) in [5.41, 5.74) is 0.835. The Bertz CT molecular complexity index is 1190. The van der Waals surface area contributed by atoms with Crippen molar-refractivity contribution >= 4 is 60.7 Å². The second-order valence-electron chi connectivity index (χ2n) is 5.92. The number of H-pyrrole nitrogens is 1. The number of carbonyl (C=O) groups excluding carboxylic acids is 2. The minimum atomic E-state index is -0.565. The van der Waals surface area contributed by atoms with E-state index < -0.39 is 17.4 Å². The fourth-order valence-electron chi connectivity index (χ4n) is 2.75. The zero-order valence-electron chi connectivity index (χ0n) is 13.8. The van der Waals surface area contributed by atoms with Crippen molar-refractivity contribution in [2.75, 3.05) is 5.32 Å². The number of hydrogen-bond donors (Lipinski definition) is 2. The number of carbonyl (C=O) groups is 2. The molecule has 1 heterocycles. The van der Waals surface area contributed by atoms with Crippen molar-refractivity contribution in [2.45, 2.75) is 0 Å². The molecule has 3 aromatic rings. The summed E-state index contributed by atoms with van der Waals surface area (Å²) in [5, 5.41) is 2.64. The number of allylic oxidation sites excluding steroid dienone is 2. The average Bonchev–Trinajstić information content (AvgIpc) is 3.11. The molecule has 0 amide bonds. The van der Waals surface area contributed by atoms with E-state index in [4.69, 9.17) is 11.6 Å². The molecule has 0 spiro atoms. The highest BCUT2D eigenvalue weighted by Crippen LogP contribution is 2.31. The predicted octanol–water partition coefficient (Wildman–Crippen LogP) is 5.68. The van der Waals surface area contributed by atoms with Gasteiger partial charge in [0.1, 0.15) is 33.8 Å². The van der Waals surface area contributed by atoms with Gasteiger partial charge in [-0.1, -0.05) is 33.6 Å². The monoisotopic (exact) mass is 523 g/mol. The highest BCUT2D eigenvalue weighted by molar-refractivity contribution is 9.10. The van der Waals surface area contributed by atoms with Crippen LogP contribution in [0.3, 0.4) is 0 Å². The molecular weight excluding hydrogens is 516 g/mol. The molecule has 1 aliphatic carbocycles. The van der Waals surface area contributed by atoms with E-state index in [2.05, 4.69) is 47.1 Å². The third kappa shape index (κ3) is 3.32. The van der Waals surface area contributed by atoms with Gasteiger partial charge in [0, 0.05) is 15.7 Å². The van der Waals surface area contributed by atoms with E-state index in [-0.39, 0.29) is 27.9 Å². The molecular formula is C19H9Br2ClFN3O2. The van der Waals surface area contributed by atoms with Gasteiger partial charge in [-0.2, -0.15) is 0 Å². The number of aromatic amines is 1.